The lowest BCUT2D eigenvalue weighted by atomic mass is 10.2. The monoisotopic (exact) mass is 392 g/mol. The molecule has 0 saturated heterocycles. The van der Waals surface area contributed by atoms with Crippen LogP contribution in [0.2, 0.25) is 0 Å². The van der Waals surface area contributed by atoms with Gasteiger partial charge in [-0.1, -0.05) is 45.5 Å². The third-order valence-electron chi connectivity index (χ3n) is 3.27. The van der Waals surface area contributed by atoms with Crippen LogP contribution in [0.5, 0.6) is 0 Å². The smallest absolute Gasteiger partial charge is 0.204 e. The van der Waals surface area contributed by atoms with E-state index in [0.717, 1.165) is 21.1 Å². The average Bonchev–Trinajstić information content (AvgIpc) is 3.11. The van der Waals surface area contributed by atoms with Crippen molar-refractivity contribution < 1.29 is 8.78 Å². The third-order valence-corrected chi connectivity index (χ3v) is 4.75. The number of hydrogen-bond donors (Lipinski definition) is 0. The molecule has 2 heterocycles. The minimum absolute atomic E-state index is 0.0326. The molecule has 0 radical (unpaired) electrons. The zero-order valence-corrected chi connectivity index (χ0v) is 13.8. The van der Waals surface area contributed by atoms with Gasteiger partial charge in [0.1, 0.15) is 5.01 Å². The highest BCUT2D eigenvalue weighted by Crippen LogP contribution is 2.30. The Hall–Kier alpha value is -2.19. The minimum Gasteiger partial charge on any atom is -0.204 e. The van der Waals surface area contributed by atoms with Crippen LogP contribution in [0.3, 0.4) is 0 Å². The van der Waals surface area contributed by atoms with Crippen molar-refractivity contribution in [1.29, 1.82) is 0 Å². The van der Waals surface area contributed by atoms with Gasteiger partial charge in [0.15, 0.2) is 17.5 Å². The van der Waals surface area contributed by atoms with Gasteiger partial charge in [-0.3, -0.25) is 0 Å². The first-order valence-electron chi connectivity index (χ1n) is 6.56. The Morgan fingerprint density at radius 3 is 2.57 bits per heavy atom. The van der Waals surface area contributed by atoms with Gasteiger partial charge in [0.2, 0.25) is 4.96 Å². The molecule has 0 saturated carbocycles. The first-order valence-corrected chi connectivity index (χ1v) is 8.17. The van der Waals surface area contributed by atoms with Gasteiger partial charge in [0, 0.05) is 10.0 Å². The number of hydrogen-bond acceptors (Lipinski definition) is 4. The van der Waals surface area contributed by atoms with Crippen molar-refractivity contribution >= 4 is 32.2 Å². The summed E-state index contributed by atoms with van der Waals surface area (Å²) in [6, 6.07) is 11.6. The molecule has 114 valence electrons. The maximum absolute atomic E-state index is 14.0. The van der Waals surface area contributed by atoms with E-state index in [9.17, 15) is 8.78 Å². The van der Waals surface area contributed by atoms with E-state index in [1.165, 1.54) is 28.0 Å². The van der Waals surface area contributed by atoms with Crippen LogP contribution in [0.25, 0.3) is 26.9 Å². The molecule has 0 aliphatic carbocycles. The fourth-order valence-electron chi connectivity index (χ4n) is 2.17. The Labute approximate surface area is 141 Å². The fourth-order valence-corrected chi connectivity index (χ4v) is 3.28. The molecule has 4 rings (SSSR count). The van der Waals surface area contributed by atoms with E-state index in [2.05, 4.69) is 31.2 Å². The molecule has 0 aliphatic rings. The van der Waals surface area contributed by atoms with Crippen molar-refractivity contribution in [3.8, 4) is 22.0 Å². The highest BCUT2D eigenvalue weighted by atomic mass is 79.9. The summed E-state index contributed by atoms with van der Waals surface area (Å²) in [5, 5.41) is 13.1. The van der Waals surface area contributed by atoms with Gasteiger partial charge in [-0.05, 0) is 24.3 Å². The summed E-state index contributed by atoms with van der Waals surface area (Å²) >= 11 is 4.71. The predicted octanol–water partition coefficient (Wildman–Crippen LogP) is 4.56. The lowest BCUT2D eigenvalue weighted by Gasteiger charge is -2.00. The maximum Gasteiger partial charge on any atom is 0.235 e. The van der Waals surface area contributed by atoms with Crippen molar-refractivity contribution in [3.63, 3.8) is 0 Å². The third kappa shape index (κ3) is 2.43. The molecule has 0 fully saturated rings. The molecule has 4 aromatic rings. The second-order valence-corrected chi connectivity index (χ2v) is 6.61. The molecule has 0 unspecified atom stereocenters. The van der Waals surface area contributed by atoms with Crippen molar-refractivity contribution in [2.75, 3.05) is 0 Å². The highest BCUT2D eigenvalue weighted by molar-refractivity contribution is 9.10. The molecule has 4 nitrogen and oxygen atoms in total. The second-order valence-electron chi connectivity index (χ2n) is 4.73. The van der Waals surface area contributed by atoms with E-state index in [-0.39, 0.29) is 11.4 Å². The topological polar surface area (TPSA) is 43.1 Å². The van der Waals surface area contributed by atoms with E-state index >= 15 is 0 Å². The zero-order valence-electron chi connectivity index (χ0n) is 11.4. The molecule has 0 bridgehead atoms. The standard InChI is InChI=1S/C15H7BrF2N4S/c16-9-6-4-8(5-7-9)14-21-22-13(19-20-15(22)23-14)10-2-1-3-11(17)12(10)18/h1-7H. The number of aromatic nitrogens is 4. The van der Waals surface area contributed by atoms with Crippen molar-refractivity contribution in [1.82, 2.24) is 19.8 Å². The van der Waals surface area contributed by atoms with Gasteiger partial charge in [-0.2, -0.15) is 9.61 Å². The number of nitrogens with zero attached hydrogens (tertiary/aromatic N) is 4. The van der Waals surface area contributed by atoms with Gasteiger partial charge in [0.25, 0.3) is 0 Å². The molecule has 0 spiro atoms. The number of fused-ring (bicyclic) bond motifs is 1. The molecule has 0 N–H and O–H groups in total. The largest absolute Gasteiger partial charge is 0.235 e. The van der Waals surface area contributed by atoms with Crippen LogP contribution in [0.4, 0.5) is 8.78 Å². The Morgan fingerprint density at radius 1 is 1.00 bits per heavy atom. The molecule has 0 atom stereocenters. The van der Waals surface area contributed by atoms with Crippen LogP contribution >= 0.6 is 27.3 Å². The normalized spacial score (nSPS) is 11.3. The van der Waals surface area contributed by atoms with Crippen LogP contribution in [0, 0.1) is 11.6 Å². The molecule has 0 aliphatic heterocycles. The summed E-state index contributed by atoms with van der Waals surface area (Å²) in [7, 11) is 0. The number of benzene rings is 2. The first-order chi connectivity index (χ1) is 11.1. The van der Waals surface area contributed by atoms with E-state index in [4.69, 9.17) is 0 Å². The molecular formula is C15H7BrF2N4S. The summed E-state index contributed by atoms with van der Waals surface area (Å²) in [6.45, 7) is 0. The number of halogens is 3. The van der Waals surface area contributed by atoms with Gasteiger partial charge in [0.05, 0.1) is 5.56 Å². The van der Waals surface area contributed by atoms with Gasteiger partial charge in [-0.15, -0.1) is 10.2 Å². The predicted molar refractivity (Wildman–Crippen MR) is 87.1 cm³/mol. The Balaban J connectivity index is 1.87. The number of rotatable bonds is 2. The SMILES string of the molecule is Fc1cccc(-c2nnc3sc(-c4ccc(Br)cc4)nn23)c1F. The average molecular weight is 393 g/mol. The lowest BCUT2D eigenvalue weighted by Crippen LogP contribution is -1.95. The molecular weight excluding hydrogens is 386 g/mol. The van der Waals surface area contributed by atoms with Crippen LogP contribution < -0.4 is 0 Å². The molecule has 8 heteroatoms. The molecule has 23 heavy (non-hydrogen) atoms. The van der Waals surface area contributed by atoms with Gasteiger partial charge < -0.3 is 0 Å². The lowest BCUT2D eigenvalue weighted by molar-refractivity contribution is 0.510. The van der Waals surface area contributed by atoms with Crippen LogP contribution in [-0.2, 0) is 0 Å². The summed E-state index contributed by atoms with van der Waals surface area (Å²) in [5.41, 5.74) is 0.944. The Morgan fingerprint density at radius 2 is 1.78 bits per heavy atom. The van der Waals surface area contributed by atoms with Crippen LogP contribution in [0.15, 0.2) is 46.9 Å². The van der Waals surface area contributed by atoms with E-state index in [1.54, 1.807) is 0 Å². The molecule has 2 aromatic carbocycles. The van der Waals surface area contributed by atoms with E-state index < -0.39 is 11.6 Å². The zero-order chi connectivity index (χ0) is 16.0. The van der Waals surface area contributed by atoms with Crippen molar-refractivity contribution in [2.45, 2.75) is 0 Å². The summed E-state index contributed by atoms with van der Waals surface area (Å²) in [6.07, 6.45) is 0. The highest BCUT2D eigenvalue weighted by Gasteiger charge is 2.18. The Bertz CT molecular complexity index is 1010. The van der Waals surface area contributed by atoms with Gasteiger partial charge in [-0.25, -0.2) is 8.78 Å². The molecule has 2 aromatic heterocycles. The first kappa shape index (κ1) is 14.4. The van der Waals surface area contributed by atoms with Crippen molar-refractivity contribution in [2.24, 2.45) is 0 Å². The van der Waals surface area contributed by atoms with Crippen LogP contribution in [0.1, 0.15) is 0 Å². The van der Waals surface area contributed by atoms with E-state index in [1.807, 2.05) is 24.3 Å². The fraction of sp³-hybridized carbons (Fsp3) is 0. The quantitative estimate of drug-likeness (QED) is 0.502. The van der Waals surface area contributed by atoms with Gasteiger partial charge >= 0.3 is 0 Å². The minimum atomic E-state index is -0.958. The maximum atomic E-state index is 14.0. The Kier molecular flexibility index (Phi) is 3.42. The molecule has 0 amide bonds. The summed E-state index contributed by atoms with van der Waals surface area (Å²) in [5.74, 6) is -1.71. The summed E-state index contributed by atoms with van der Waals surface area (Å²) in [4.78, 5) is 0.515. The van der Waals surface area contributed by atoms with Crippen LogP contribution in [-0.4, -0.2) is 19.8 Å². The summed E-state index contributed by atoms with van der Waals surface area (Å²) < 4.78 is 29.8. The van der Waals surface area contributed by atoms with E-state index in [0.29, 0.717) is 4.96 Å². The van der Waals surface area contributed by atoms with Crippen molar-refractivity contribution in [3.05, 3.63) is 58.6 Å². The second kappa shape index (κ2) is 5.47.